The summed E-state index contributed by atoms with van der Waals surface area (Å²) in [6.07, 6.45) is 1.35. The SMILES string of the molecule is O=C1CC(C(=O)O)C2(CCN(Cc3ccccc3OCCO)CC2)N1. The van der Waals surface area contributed by atoms with Crippen LogP contribution in [0.1, 0.15) is 24.8 Å². The average molecular weight is 348 g/mol. The number of nitrogens with one attached hydrogen (secondary N) is 1. The molecule has 2 saturated heterocycles. The number of para-hydroxylation sites is 1. The fourth-order valence-electron chi connectivity index (χ4n) is 3.88. The van der Waals surface area contributed by atoms with Gasteiger partial charge in [-0.3, -0.25) is 14.5 Å². The zero-order valence-electron chi connectivity index (χ0n) is 14.1. The molecule has 7 heteroatoms. The lowest BCUT2D eigenvalue weighted by atomic mass is 9.77. The van der Waals surface area contributed by atoms with Crippen LogP contribution >= 0.6 is 0 Å². The topological polar surface area (TPSA) is 99.1 Å². The van der Waals surface area contributed by atoms with Gasteiger partial charge in [-0.15, -0.1) is 0 Å². The van der Waals surface area contributed by atoms with Crippen LogP contribution in [-0.2, 0) is 16.1 Å². The van der Waals surface area contributed by atoms with Gasteiger partial charge in [0.05, 0.1) is 18.1 Å². The number of carbonyl (C=O) groups excluding carboxylic acids is 1. The largest absolute Gasteiger partial charge is 0.491 e. The number of hydrogen-bond donors (Lipinski definition) is 3. The van der Waals surface area contributed by atoms with Crippen molar-refractivity contribution < 1.29 is 24.5 Å². The maximum absolute atomic E-state index is 11.7. The van der Waals surface area contributed by atoms with Gasteiger partial charge in [-0.2, -0.15) is 0 Å². The van der Waals surface area contributed by atoms with E-state index in [1.807, 2.05) is 24.3 Å². The molecule has 0 saturated carbocycles. The van der Waals surface area contributed by atoms with Crippen LogP contribution in [-0.4, -0.2) is 58.8 Å². The first-order valence-corrected chi connectivity index (χ1v) is 8.62. The molecule has 0 aliphatic carbocycles. The number of benzene rings is 1. The second-order valence-electron chi connectivity index (χ2n) is 6.76. The molecule has 1 aromatic carbocycles. The molecular weight excluding hydrogens is 324 g/mol. The number of carboxylic acid groups (broad SMARTS) is 1. The summed E-state index contributed by atoms with van der Waals surface area (Å²) in [6, 6.07) is 7.72. The molecule has 136 valence electrons. The van der Waals surface area contributed by atoms with Crippen molar-refractivity contribution in [3.63, 3.8) is 0 Å². The van der Waals surface area contributed by atoms with E-state index in [2.05, 4.69) is 10.2 Å². The normalized spacial score (nSPS) is 22.8. The van der Waals surface area contributed by atoms with Gasteiger partial charge in [-0.25, -0.2) is 0 Å². The quantitative estimate of drug-likeness (QED) is 0.697. The number of aliphatic hydroxyl groups excluding tert-OH is 1. The highest BCUT2D eigenvalue weighted by atomic mass is 16.5. The highest BCUT2D eigenvalue weighted by molar-refractivity contribution is 5.88. The molecule has 0 aromatic heterocycles. The summed E-state index contributed by atoms with van der Waals surface area (Å²) >= 11 is 0. The Labute approximate surface area is 146 Å². The summed E-state index contributed by atoms with van der Waals surface area (Å²) in [4.78, 5) is 25.5. The average Bonchev–Trinajstić information content (AvgIpc) is 2.92. The number of carbonyl (C=O) groups is 2. The third-order valence-corrected chi connectivity index (χ3v) is 5.21. The van der Waals surface area contributed by atoms with Gasteiger partial charge < -0.3 is 20.3 Å². The van der Waals surface area contributed by atoms with Crippen LogP contribution in [0.4, 0.5) is 0 Å². The van der Waals surface area contributed by atoms with Crippen LogP contribution < -0.4 is 10.1 Å². The smallest absolute Gasteiger partial charge is 0.309 e. The predicted molar refractivity (Wildman–Crippen MR) is 90.2 cm³/mol. The zero-order valence-corrected chi connectivity index (χ0v) is 14.1. The molecular formula is C18H24N2O5. The predicted octanol–water partition coefficient (Wildman–Crippen LogP) is 0.613. The van der Waals surface area contributed by atoms with E-state index in [-0.39, 0.29) is 25.5 Å². The number of aliphatic hydroxyl groups is 1. The Morgan fingerprint density at radius 3 is 2.72 bits per heavy atom. The summed E-state index contributed by atoms with van der Waals surface area (Å²) in [5.41, 5.74) is 0.434. The molecule has 2 aliphatic heterocycles. The fraction of sp³-hybridized carbons (Fsp3) is 0.556. The lowest BCUT2D eigenvalue weighted by molar-refractivity contribution is -0.144. The van der Waals surface area contributed by atoms with Crippen LogP contribution in [0.2, 0.25) is 0 Å². The molecule has 2 aliphatic rings. The van der Waals surface area contributed by atoms with E-state index in [1.165, 1.54) is 0 Å². The first kappa shape index (κ1) is 17.7. The summed E-state index contributed by atoms with van der Waals surface area (Å²) in [6.45, 7) is 2.36. The number of hydrogen-bond acceptors (Lipinski definition) is 5. The Morgan fingerprint density at radius 1 is 1.32 bits per heavy atom. The minimum absolute atomic E-state index is 0.0309. The Morgan fingerprint density at radius 2 is 2.04 bits per heavy atom. The van der Waals surface area contributed by atoms with Gasteiger partial charge in [-0.1, -0.05) is 18.2 Å². The summed E-state index contributed by atoms with van der Waals surface area (Å²) in [7, 11) is 0. The molecule has 3 N–H and O–H groups in total. The van der Waals surface area contributed by atoms with E-state index in [4.69, 9.17) is 9.84 Å². The lowest BCUT2D eigenvalue weighted by Gasteiger charge is -2.41. The van der Waals surface area contributed by atoms with Crippen LogP contribution in [0.15, 0.2) is 24.3 Å². The van der Waals surface area contributed by atoms with E-state index < -0.39 is 17.4 Å². The number of rotatable bonds is 6. The molecule has 1 amide bonds. The number of amides is 1. The Balaban J connectivity index is 1.63. The van der Waals surface area contributed by atoms with Crippen LogP contribution in [0.3, 0.4) is 0 Å². The van der Waals surface area contributed by atoms with Gasteiger partial charge in [0.1, 0.15) is 12.4 Å². The second kappa shape index (κ2) is 7.41. The molecule has 7 nitrogen and oxygen atoms in total. The number of likely N-dealkylation sites (tertiary alicyclic amines) is 1. The standard InChI is InChI=1S/C18H24N2O5/c21-9-10-25-15-4-2-1-3-13(15)12-20-7-5-18(6-8-20)14(17(23)24)11-16(22)19-18/h1-4,14,21H,5-12H2,(H,19,22)(H,23,24). The zero-order chi connectivity index (χ0) is 17.9. The van der Waals surface area contributed by atoms with Gasteiger partial charge >= 0.3 is 5.97 Å². The van der Waals surface area contributed by atoms with Gasteiger partial charge in [0.2, 0.25) is 5.91 Å². The van der Waals surface area contributed by atoms with Crippen molar-refractivity contribution in [3.05, 3.63) is 29.8 Å². The molecule has 1 unspecified atom stereocenters. The van der Waals surface area contributed by atoms with E-state index in [1.54, 1.807) is 0 Å². The number of ether oxygens (including phenoxy) is 1. The number of nitrogens with zero attached hydrogens (tertiary/aromatic N) is 1. The maximum atomic E-state index is 11.7. The third-order valence-electron chi connectivity index (χ3n) is 5.21. The molecule has 25 heavy (non-hydrogen) atoms. The molecule has 3 rings (SSSR count). The Kier molecular flexibility index (Phi) is 5.24. The van der Waals surface area contributed by atoms with Crippen LogP contribution in [0.25, 0.3) is 0 Å². The van der Waals surface area contributed by atoms with Crippen molar-refractivity contribution in [2.75, 3.05) is 26.3 Å². The van der Waals surface area contributed by atoms with Crippen molar-refractivity contribution in [3.8, 4) is 5.75 Å². The van der Waals surface area contributed by atoms with E-state index in [0.29, 0.717) is 19.4 Å². The van der Waals surface area contributed by atoms with E-state index in [9.17, 15) is 14.7 Å². The minimum atomic E-state index is -0.894. The highest BCUT2D eigenvalue weighted by Crippen LogP contribution is 2.37. The molecule has 0 radical (unpaired) electrons. The van der Waals surface area contributed by atoms with Crippen LogP contribution in [0, 0.1) is 5.92 Å². The summed E-state index contributed by atoms with van der Waals surface area (Å²) < 4.78 is 5.57. The molecule has 2 heterocycles. The first-order valence-electron chi connectivity index (χ1n) is 8.62. The van der Waals surface area contributed by atoms with Crippen molar-refractivity contribution in [2.24, 2.45) is 5.92 Å². The number of aliphatic carboxylic acids is 1. The fourth-order valence-corrected chi connectivity index (χ4v) is 3.88. The number of piperidine rings is 1. The van der Waals surface area contributed by atoms with E-state index in [0.717, 1.165) is 24.4 Å². The van der Waals surface area contributed by atoms with Gasteiger partial charge in [-0.05, 0) is 18.9 Å². The van der Waals surface area contributed by atoms with Gasteiger partial charge in [0, 0.05) is 31.6 Å². The highest BCUT2D eigenvalue weighted by Gasteiger charge is 2.51. The van der Waals surface area contributed by atoms with Gasteiger partial charge in [0.15, 0.2) is 0 Å². The van der Waals surface area contributed by atoms with Crippen molar-refractivity contribution in [1.29, 1.82) is 0 Å². The maximum Gasteiger partial charge on any atom is 0.309 e. The van der Waals surface area contributed by atoms with Crippen LogP contribution in [0.5, 0.6) is 5.75 Å². The number of carboxylic acids is 1. The monoisotopic (exact) mass is 348 g/mol. The Bertz CT molecular complexity index is 640. The molecule has 1 aromatic rings. The second-order valence-corrected chi connectivity index (χ2v) is 6.76. The van der Waals surface area contributed by atoms with Crippen molar-refractivity contribution in [2.45, 2.75) is 31.3 Å². The minimum Gasteiger partial charge on any atom is -0.491 e. The van der Waals surface area contributed by atoms with Crippen molar-refractivity contribution in [1.82, 2.24) is 10.2 Å². The molecule has 0 bridgehead atoms. The van der Waals surface area contributed by atoms with Gasteiger partial charge in [0.25, 0.3) is 0 Å². The molecule has 1 atom stereocenters. The lowest BCUT2D eigenvalue weighted by Crippen LogP contribution is -2.55. The molecule has 1 spiro atoms. The Hall–Kier alpha value is -2.12. The van der Waals surface area contributed by atoms with Crippen molar-refractivity contribution >= 4 is 11.9 Å². The first-order chi connectivity index (χ1) is 12.0. The molecule has 2 fully saturated rings. The third kappa shape index (κ3) is 3.77. The summed E-state index contributed by atoms with van der Waals surface area (Å²) in [5, 5.41) is 21.3. The summed E-state index contributed by atoms with van der Waals surface area (Å²) in [5.74, 6) is -0.935. The van der Waals surface area contributed by atoms with E-state index >= 15 is 0 Å².